The van der Waals surface area contributed by atoms with E-state index in [4.69, 9.17) is 0 Å². The maximum atomic E-state index is 12.1. The van der Waals surface area contributed by atoms with Gasteiger partial charge >= 0.3 is 6.03 Å². The van der Waals surface area contributed by atoms with Crippen LogP contribution in [0.25, 0.3) is 0 Å². The molecule has 1 fully saturated rings. The molecule has 0 saturated heterocycles. The Balaban J connectivity index is 1.38. The van der Waals surface area contributed by atoms with Crippen LogP contribution in [0, 0.1) is 5.92 Å². The molecule has 158 valence electrons. The average Bonchev–Trinajstić information content (AvgIpc) is 2.75. The minimum Gasteiger partial charge on any atom is -0.347 e. The van der Waals surface area contributed by atoms with Crippen LogP contribution >= 0.6 is 0 Å². The third kappa shape index (κ3) is 7.24. The fourth-order valence-electron chi connectivity index (χ4n) is 3.56. The third-order valence-corrected chi connectivity index (χ3v) is 5.10. The summed E-state index contributed by atoms with van der Waals surface area (Å²) in [5, 5.41) is 10.9. The molecule has 7 heteroatoms. The molecule has 1 saturated carbocycles. The van der Waals surface area contributed by atoms with Gasteiger partial charge in [0.15, 0.2) is 0 Å². The molecule has 0 radical (unpaired) electrons. The summed E-state index contributed by atoms with van der Waals surface area (Å²) >= 11 is 0. The van der Waals surface area contributed by atoms with E-state index in [1.54, 1.807) is 36.4 Å². The highest BCUT2D eigenvalue weighted by molar-refractivity contribution is 6.00. The topological polar surface area (TPSA) is 99.3 Å². The minimum atomic E-state index is -0.348. The molecule has 0 spiro atoms. The molecule has 1 aliphatic rings. The summed E-state index contributed by atoms with van der Waals surface area (Å²) in [7, 11) is 0. The van der Waals surface area contributed by atoms with Gasteiger partial charge in [0.05, 0.1) is 6.54 Å². The summed E-state index contributed by atoms with van der Waals surface area (Å²) in [6, 6.07) is 15.6. The lowest BCUT2D eigenvalue weighted by molar-refractivity contribution is -0.125. The van der Waals surface area contributed by atoms with E-state index < -0.39 is 0 Å². The SMILES string of the molecule is O=C(CC1CCCCC1)NCC(=O)Nc1ccc(NC(=O)Nc2ccccc2)cc1. The van der Waals surface area contributed by atoms with Crippen molar-refractivity contribution in [1.29, 1.82) is 0 Å². The van der Waals surface area contributed by atoms with Crippen LogP contribution in [0.5, 0.6) is 0 Å². The largest absolute Gasteiger partial charge is 0.347 e. The molecule has 0 bridgehead atoms. The molecule has 0 aliphatic heterocycles. The van der Waals surface area contributed by atoms with E-state index in [-0.39, 0.29) is 24.4 Å². The number of nitrogens with one attached hydrogen (secondary N) is 4. The van der Waals surface area contributed by atoms with Gasteiger partial charge in [0.2, 0.25) is 11.8 Å². The molecule has 0 aromatic heterocycles. The summed E-state index contributed by atoms with van der Waals surface area (Å²) in [6.07, 6.45) is 6.34. The van der Waals surface area contributed by atoms with Crippen molar-refractivity contribution in [2.45, 2.75) is 38.5 Å². The molecular formula is C23H28N4O3. The van der Waals surface area contributed by atoms with Gasteiger partial charge in [-0.3, -0.25) is 9.59 Å². The number of benzene rings is 2. The van der Waals surface area contributed by atoms with Gasteiger partial charge in [-0.05, 0) is 55.2 Å². The first-order valence-corrected chi connectivity index (χ1v) is 10.4. The Hall–Kier alpha value is -3.35. The molecule has 4 N–H and O–H groups in total. The van der Waals surface area contributed by atoms with Gasteiger partial charge in [0, 0.05) is 23.5 Å². The summed E-state index contributed by atoms with van der Waals surface area (Å²) in [6.45, 7) is -0.0506. The van der Waals surface area contributed by atoms with Gasteiger partial charge in [-0.25, -0.2) is 4.79 Å². The molecular weight excluding hydrogens is 380 g/mol. The van der Waals surface area contributed by atoms with Gasteiger partial charge in [0.1, 0.15) is 0 Å². The first-order chi connectivity index (χ1) is 14.6. The Morgan fingerprint density at radius 3 is 1.90 bits per heavy atom. The van der Waals surface area contributed by atoms with E-state index in [1.807, 2.05) is 18.2 Å². The van der Waals surface area contributed by atoms with Gasteiger partial charge < -0.3 is 21.3 Å². The highest BCUT2D eigenvalue weighted by Gasteiger charge is 2.17. The Kier molecular flexibility index (Phi) is 7.83. The number of hydrogen-bond acceptors (Lipinski definition) is 3. The molecule has 7 nitrogen and oxygen atoms in total. The monoisotopic (exact) mass is 408 g/mol. The molecule has 3 rings (SSSR count). The quantitative estimate of drug-likeness (QED) is 0.548. The Morgan fingerprint density at radius 2 is 1.27 bits per heavy atom. The second-order valence-corrected chi connectivity index (χ2v) is 7.56. The lowest BCUT2D eigenvalue weighted by Gasteiger charge is -2.20. The van der Waals surface area contributed by atoms with E-state index in [9.17, 15) is 14.4 Å². The molecule has 0 heterocycles. The lowest BCUT2D eigenvalue weighted by atomic mass is 9.87. The van der Waals surface area contributed by atoms with Crippen LogP contribution in [0.1, 0.15) is 38.5 Å². The van der Waals surface area contributed by atoms with E-state index in [1.165, 1.54) is 19.3 Å². The predicted octanol–water partition coefficient (Wildman–Crippen LogP) is 4.36. The first-order valence-electron chi connectivity index (χ1n) is 10.4. The maximum absolute atomic E-state index is 12.1. The van der Waals surface area contributed by atoms with Crippen molar-refractivity contribution in [3.8, 4) is 0 Å². The Bertz CT molecular complexity index is 847. The summed E-state index contributed by atoms with van der Waals surface area (Å²) in [4.78, 5) is 36.1. The Morgan fingerprint density at radius 1 is 0.700 bits per heavy atom. The number of carbonyl (C=O) groups is 3. The second kappa shape index (κ2) is 11.0. The van der Waals surface area contributed by atoms with E-state index in [0.29, 0.717) is 29.4 Å². The highest BCUT2D eigenvalue weighted by Crippen LogP contribution is 2.26. The van der Waals surface area contributed by atoms with Crippen LogP contribution in [0.4, 0.5) is 21.9 Å². The zero-order valence-electron chi connectivity index (χ0n) is 16.9. The zero-order chi connectivity index (χ0) is 21.2. The maximum Gasteiger partial charge on any atom is 0.323 e. The molecule has 30 heavy (non-hydrogen) atoms. The van der Waals surface area contributed by atoms with Crippen molar-refractivity contribution in [3.05, 3.63) is 54.6 Å². The van der Waals surface area contributed by atoms with E-state index in [0.717, 1.165) is 12.8 Å². The highest BCUT2D eigenvalue weighted by atomic mass is 16.2. The van der Waals surface area contributed by atoms with Crippen molar-refractivity contribution in [1.82, 2.24) is 5.32 Å². The number of rotatable bonds is 7. The van der Waals surface area contributed by atoms with Crippen LogP contribution in [-0.2, 0) is 9.59 Å². The summed E-state index contributed by atoms with van der Waals surface area (Å²) in [5.74, 6) is 0.0940. The average molecular weight is 409 g/mol. The zero-order valence-corrected chi connectivity index (χ0v) is 16.9. The first kappa shape index (κ1) is 21.4. The van der Waals surface area contributed by atoms with Crippen LogP contribution in [-0.4, -0.2) is 24.4 Å². The summed E-state index contributed by atoms with van der Waals surface area (Å²) in [5.41, 5.74) is 1.89. The van der Waals surface area contributed by atoms with Gasteiger partial charge in [-0.2, -0.15) is 0 Å². The summed E-state index contributed by atoms with van der Waals surface area (Å²) < 4.78 is 0. The van der Waals surface area contributed by atoms with Crippen LogP contribution in [0.3, 0.4) is 0 Å². The van der Waals surface area contributed by atoms with Crippen molar-refractivity contribution in [2.24, 2.45) is 5.92 Å². The number of para-hydroxylation sites is 1. The standard InChI is InChI=1S/C23H28N4O3/c28-21(15-17-7-3-1-4-8-17)24-16-22(29)25-19-11-13-20(14-12-19)27-23(30)26-18-9-5-2-6-10-18/h2,5-6,9-14,17H,1,3-4,7-8,15-16H2,(H,24,28)(H,25,29)(H2,26,27,30). The number of amides is 4. The van der Waals surface area contributed by atoms with Crippen molar-refractivity contribution in [2.75, 3.05) is 22.5 Å². The number of urea groups is 1. The van der Waals surface area contributed by atoms with Gasteiger partial charge in [-0.15, -0.1) is 0 Å². The fourth-order valence-corrected chi connectivity index (χ4v) is 3.56. The van der Waals surface area contributed by atoms with E-state index >= 15 is 0 Å². The molecule has 0 unspecified atom stereocenters. The molecule has 0 atom stereocenters. The number of hydrogen-bond donors (Lipinski definition) is 4. The smallest absolute Gasteiger partial charge is 0.323 e. The van der Waals surface area contributed by atoms with Crippen LogP contribution in [0.2, 0.25) is 0 Å². The van der Waals surface area contributed by atoms with Crippen molar-refractivity contribution >= 4 is 34.9 Å². The van der Waals surface area contributed by atoms with Crippen LogP contribution in [0.15, 0.2) is 54.6 Å². The number of carbonyl (C=O) groups excluding carboxylic acids is 3. The molecule has 2 aromatic rings. The fraction of sp³-hybridized carbons (Fsp3) is 0.348. The molecule has 4 amide bonds. The van der Waals surface area contributed by atoms with Crippen molar-refractivity contribution in [3.63, 3.8) is 0 Å². The predicted molar refractivity (Wildman–Crippen MR) is 118 cm³/mol. The second-order valence-electron chi connectivity index (χ2n) is 7.56. The third-order valence-electron chi connectivity index (χ3n) is 5.10. The number of anilines is 3. The van der Waals surface area contributed by atoms with Gasteiger partial charge in [0.25, 0.3) is 0 Å². The van der Waals surface area contributed by atoms with Crippen LogP contribution < -0.4 is 21.3 Å². The van der Waals surface area contributed by atoms with E-state index in [2.05, 4.69) is 21.3 Å². The van der Waals surface area contributed by atoms with Gasteiger partial charge in [-0.1, -0.05) is 37.5 Å². The molecule has 1 aliphatic carbocycles. The minimum absolute atomic E-state index is 0.0506. The molecule has 2 aromatic carbocycles. The Labute approximate surface area is 176 Å². The lowest BCUT2D eigenvalue weighted by Crippen LogP contribution is -2.34. The van der Waals surface area contributed by atoms with Crippen molar-refractivity contribution < 1.29 is 14.4 Å². The normalized spacial score (nSPS) is 13.9.